The van der Waals surface area contributed by atoms with Crippen molar-refractivity contribution in [2.75, 3.05) is 0 Å². The average molecular weight is 350 g/mol. The lowest BCUT2D eigenvalue weighted by atomic mass is 9.99. The largest absolute Gasteiger partial charge is 0.295 e. The minimum absolute atomic E-state index is 0.0737. The zero-order valence-electron chi connectivity index (χ0n) is 15.6. The van der Waals surface area contributed by atoms with Gasteiger partial charge in [-0.3, -0.25) is 14.4 Å². The van der Waals surface area contributed by atoms with Crippen molar-refractivity contribution in [3.8, 4) is 0 Å². The van der Waals surface area contributed by atoms with E-state index in [0.717, 1.165) is 31.2 Å². The third kappa shape index (κ3) is 5.76. The summed E-state index contributed by atoms with van der Waals surface area (Å²) in [4.78, 5) is 35.3. The van der Waals surface area contributed by atoms with E-state index in [-0.39, 0.29) is 17.3 Å². The number of aryl methyl sites for hydroxylation is 1. The van der Waals surface area contributed by atoms with Gasteiger partial charge in [-0.1, -0.05) is 55.5 Å². The molecule has 0 fully saturated rings. The molecule has 0 aliphatic carbocycles. The number of hydrogen-bond acceptors (Lipinski definition) is 3. The molecule has 2 aromatic carbocycles. The number of carbonyl (C=O) groups is 3. The highest BCUT2D eigenvalue weighted by Crippen LogP contribution is 2.13. The van der Waals surface area contributed by atoms with Crippen LogP contribution in [0.1, 0.15) is 82.6 Å². The molecule has 0 unspecified atom stereocenters. The van der Waals surface area contributed by atoms with Crippen molar-refractivity contribution < 1.29 is 14.4 Å². The third-order valence-electron chi connectivity index (χ3n) is 4.49. The summed E-state index contributed by atoms with van der Waals surface area (Å²) in [6.45, 7) is 3.54. The van der Waals surface area contributed by atoms with Gasteiger partial charge >= 0.3 is 0 Å². The smallest absolute Gasteiger partial charge is 0.162 e. The van der Waals surface area contributed by atoms with Crippen LogP contribution in [0.15, 0.2) is 48.5 Å². The normalized spacial score (nSPS) is 10.5. The number of carbonyl (C=O) groups excluding carboxylic acids is 3. The van der Waals surface area contributed by atoms with Crippen LogP contribution in [0.5, 0.6) is 0 Å². The summed E-state index contributed by atoms with van der Waals surface area (Å²) in [5.74, 6) is 0.318. The molecule has 0 aromatic heterocycles. The summed E-state index contributed by atoms with van der Waals surface area (Å²) in [6, 6.07) is 14.7. The Balaban J connectivity index is 1.77. The molecule has 0 saturated carbocycles. The lowest BCUT2D eigenvalue weighted by molar-refractivity contribution is 0.0969. The Morgan fingerprint density at radius 3 is 1.69 bits per heavy atom. The fourth-order valence-corrected chi connectivity index (χ4v) is 2.88. The molecule has 3 nitrogen and oxygen atoms in total. The highest BCUT2D eigenvalue weighted by Gasteiger charge is 2.08. The quantitative estimate of drug-likeness (QED) is 0.422. The van der Waals surface area contributed by atoms with E-state index in [9.17, 15) is 14.4 Å². The van der Waals surface area contributed by atoms with Gasteiger partial charge in [0.1, 0.15) is 0 Å². The molecule has 2 rings (SSSR count). The number of Topliss-reactive ketones (excluding diaryl/α,β-unsaturated/α-hetero) is 3. The maximum Gasteiger partial charge on any atom is 0.162 e. The zero-order chi connectivity index (χ0) is 18.9. The summed E-state index contributed by atoms with van der Waals surface area (Å²) in [5.41, 5.74) is 3.26. The first-order valence-electron chi connectivity index (χ1n) is 9.27. The summed E-state index contributed by atoms with van der Waals surface area (Å²) in [6.07, 6.45) is 4.53. The van der Waals surface area contributed by atoms with Crippen LogP contribution in [0.3, 0.4) is 0 Å². The van der Waals surface area contributed by atoms with Crippen LogP contribution < -0.4 is 0 Å². The molecule has 0 radical (unpaired) electrons. The maximum absolute atomic E-state index is 12.3. The molecule has 3 heteroatoms. The Kier molecular flexibility index (Phi) is 7.46. The van der Waals surface area contributed by atoms with Crippen molar-refractivity contribution in [1.29, 1.82) is 0 Å². The van der Waals surface area contributed by atoms with Crippen molar-refractivity contribution in [1.82, 2.24) is 0 Å². The number of ketones is 3. The Morgan fingerprint density at radius 1 is 0.692 bits per heavy atom. The molecule has 0 heterocycles. The van der Waals surface area contributed by atoms with Crippen LogP contribution >= 0.6 is 0 Å². The van der Waals surface area contributed by atoms with Gasteiger partial charge in [0.2, 0.25) is 0 Å². The Hall–Kier alpha value is -2.55. The van der Waals surface area contributed by atoms with E-state index in [1.807, 2.05) is 31.2 Å². The van der Waals surface area contributed by atoms with Gasteiger partial charge in [0.25, 0.3) is 0 Å². The van der Waals surface area contributed by atoms with E-state index in [1.54, 1.807) is 31.2 Å². The molecule has 0 saturated heterocycles. The Morgan fingerprint density at radius 2 is 1.19 bits per heavy atom. The topological polar surface area (TPSA) is 51.2 Å². The van der Waals surface area contributed by atoms with Crippen molar-refractivity contribution >= 4 is 17.3 Å². The molecule has 2 aromatic rings. The van der Waals surface area contributed by atoms with Gasteiger partial charge in [-0.05, 0) is 38.2 Å². The van der Waals surface area contributed by atoms with Crippen LogP contribution in [-0.4, -0.2) is 17.3 Å². The van der Waals surface area contributed by atoms with Crippen LogP contribution in [0.4, 0.5) is 0 Å². The van der Waals surface area contributed by atoms with Gasteiger partial charge in [-0.2, -0.15) is 0 Å². The highest BCUT2D eigenvalue weighted by molar-refractivity contribution is 5.99. The SMILES string of the molecule is CCCC(=O)c1ccc(C(=O)CCCCc2ccc(C(C)=O)cc2)cc1. The van der Waals surface area contributed by atoms with Gasteiger partial charge in [0.15, 0.2) is 17.3 Å². The standard InChI is InChI=1S/C23H26O3/c1-3-6-22(25)20-13-15-21(16-14-20)23(26)8-5-4-7-18-9-11-19(12-10-18)17(2)24/h9-16H,3-8H2,1-2H3. The first-order valence-corrected chi connectivity index (χ1v) is 9.27. The molecular formula is C23H26O3. The molecule has 0 aliphatic heterocycles. The van der Waals surface area contributed by atoms with E-state index in [2.05, 4.69) is 0 Å². The van der Waals surface area contributed by atoms with Crippen LogP contribution in [0, 0.1) is 0 Å². The fraction of sp³-hybridized carbons (Fsp3) is 0.348. The first kappa shape index (κ1) is 19.8. The second kappa shape index (κ2) is 9.81. The van der Waals surface area contributed by atoms with Crippen LogP contribution in [-0.2, 0) is 6.42 Å². The predicted molar refractivity (Wildman–Crippen MR) is 104 cm³/mol. The van der Waals surface area contributed by atoms with E-state index in [4.69, 9.17) is 0 Å². The van der Waals surface area contributed by atoms with Gasteiger partial charge in [-0.25, -0.2) is 0 Å². The van der Waals surface area contributed by atoms with Gasteiger partial charge in [0.05, 0.1) is 0 Å². The van der Waals surface area contributed by atoms with Gasteiger partial charge < -0.3 is 0 Å². The molecule has 0 N–H and O–H groups in total. The number of hydrogen-bond donors (Lipinski definition) is 0. The van der Waals surface area contributed by atoms with Crippen LogP contribution in [0.2, 0.25) is 0 Å². The monoisotopic (exact) mass is 350 g/mol. The zero-order valence-corrected chi connectivity index (χ0v) is 15.6. The molecule has 0 atom stereocenters. The van der Waals surface area contributed by atoms with E-state index >= 15 is 0 Å². The lowest BCUT2D eigenvalue weighted by Crippen LogP contribution is -2.02. The average Bonchev–Trinajstić information content (AvgIpc) is 2.65. The maximum atomic E-state index is 12.3. The van der Waals surface area contributed by atoms with Crippen molar-refractivity contribution in [3.63, 3.8) is 0 Å². The minimum atomic E-state index is 0.0737. The summed E-state index contributed by atoms with van der Waals surface area (Å²) in [5, 5.41) is 0. The van der Waals surface area contributed by atoms with Gasteiger partial charge in [-0.15, -0.1) is 0 Å². The van der Waals surface area contributed by atoms with Crippen molar-refractivity contribution in [2.45, 2.75) is 52.4 Å². The predicted octanol–water partition coefficient (Wildman–Crippen LogP) is 5.47. The number of unbranched alkanes of at least 4 members (excludes halogenated alkanes) is 1. The molecule has 26 heavy (non-hydrogen) atoms. The van der Waals surface area contributed by atoms with E-state index in [1.165, 1.54) is 5.56 Å². The minimum Gasteiger partial charge on any atom is -0.295 e. The first-order chi connectivity index (χ1) is 12.5. The van der Waals surface area contributed by atoms with E-state index < -0.39 is 0 Å². The van der Waals surface area contributed by atoms with Crippen LogP contribution in [0.25, 0.3) is 0 Å². The summed E-state index contributed by atoms with van der Waals surface area (Å²) in [7, 11) is 0. The Bertz CT molecular complexity index is 755. The second-order valence-corrected chi connectivity index (χ2v) is 6.63. The molecule has 136 valence electrons. The lowest BCUT2D eigenvalue weighted by Gasteiger charge is -2.05. The summed E-state index contributed by atoms with van der Waals surface area (Å²) < 4.78 is 0. The third-order valence-corrected chi connectivity index (χ3v) is 4.49. The van der Waals surface area contributed by atoms with Crippen molar-refractivity contribution in [2.24, 2.45) is 0 Å². The second-order valence-electron chi connectivity index (χ2n) is 6.63. The molecule has 0 aliphatic rings. The number of benzene rings is 2. The summed E-state index contributed by atoms with van der Waals surface area (Å²) >= 11 is 0. The highest BCUT2D eigenvalue weighted by atomic mass is 16.1. The Labute approximate surface area is 155 Å². The van der Waals surface area contributed by atoms with Crippen molar-refractivity contribution in [3.05, 3.63) is 70.8 Å². The molecule has 0 spiro atoms. The molecule has 0 amide bonds. The van der Waals surface area contributed by atoms with Gasteiger partial charge in [0, 0.05) is 29.5 Å². The van der Waals surface area contributed by atoms with E-state index in [0.29, 0.717) is 24.0 Å². The fourth-order valence-electron chi connectivity index (χ4n) is 2.88. The molecular weight excluding hydrogens is 324 g/mol. The number of rotatable bonds is 10. The molecule has 0 bridgehead atoms.